The van der Waals surface area contributed by atoms with Gasteiger partial charge < -0.3 is 4.98 Å². The molecule has 0 radical (unpaired) electrons. The standard InChI is InChI=1S/C16H10BrN3OS/c17-11-5-3-7-13-14(11)19-16(22-13)20-15(21)10-8-18-12-6-2-1-4-9(10)12/h1-8,18H,(H,19,20,21). The summed E-state index contributed by atoms with van der Waals surface area (Å²) >= 11 is 4.93. The molecular weight excluding hydrogens is 362 g/mol. The number of hydrogen-bond donors (Lipinski definition) is 2. The van der Waals surface area contributed by atoms with Gasteiger partial charge in [0, 0.05) is 21.6 Å². The number of benzene rings is 2. The third-order valence-electron chi connectivity index (χ3n) is 3.42. The lowest BCUT2D eigenvalue weighted by Crippen LogP contribution is -2.10. The molecule has 0 atom stereocenters. The summed E-state index contributed by atoms with van der Waals surface area (Å²) in [4.78, 5) is 20.1. The highest BCUT2D eigenvalue weighted by Crippen LogP contribution is 2.31. The van der Waals surface area contributed by atoms with Crippen molar-refractivity contribution in [3.05, 3.63) is 58.7 Å². The molecule has 2 heterocycles. The van der Waals surface area contributed by atoms with Gasteiger partial charge in [-0.2, -0.15) is 0 Å². The molecule has 0 saturated carbocycles. The summed E-state index contributed by atoms with van der Waals surface area (Å²) in [7, 11) is 0. The average Bonchev–Trinajstić information content (AvgIpc) is 3.11. The maximum absolute atomic E-state index is 12.5. The van der Waals surface area contributed by atoms with Gasteiger partial charge in [-0.25, -0.2) is 4.98 Å². The van der Waals surface area contributed by atoms with E-state index in [1.807, 2.05) is 42.5 Å². The molecule has 2 N–H and O–H groups in total. The van der Waals surface area contributed by atoms with E-state index in [9.17, 15) is 4.79 Å². The number of para-hydroxylation sites is 2. The summed E-state index contributed by atoms with van der Waals surface area (Å²) in [6, 6.07) is 13.6. The Hall–Kier alpha value is -2.18. The first-order valence-electron chi connectivity index (χ1n) is 6.65. The summed E-state index contributed by atoms with van der Waals surface area (Å²) in [5.74, 6) is -0.160. The summed E-state index contributed by atoms with van der Waals surface area (Å²) in [6.45, 7) is 0. The molecule has 4 aromatic rings. The summed E-state index contributed by atoms with van der Waals surface area (Å²) in [5.41, 5.74) is 2.43. The minimum Gasteiger partial charge on any atom is -0.360 e. The molecule has 0 aliphatic carbocycles. The number of nitrogens with zero attached hydrogens (tertiary/aromatic N) is 1. The van der Waals surface area contributed by atoms with Gasteiger partial charge in [-0.1, -0.05) is 35.6 Å². The Morgan fingerprint density at radius 2 is 2.05 bits per heavy atom. The molecule has 0 fully saturated rings. The third-order valence-corrected chi connectivity index (χ3v) is 5.00. The highest BCUT2D eigenvalue weighted by molar-refractivity contribution is 9.10. The van der Waals surface area contributed by atoms with Gasteiger partial charge in [-0.3, -0.25) is 10.1 Å². The van der Waals surface area contributed by atoms with Gasteiger partial charge in [0.15, 0.2) is 5.13 Å². The van der Waals surface area contributed by atoms with Crippen LogP contribution in [0.5, 0.6) is 0 Å². The molecule has 0 bridgehead atoms. The van der Waals surface area contributed by atoms with E-state index in [2.05, 4.69) is 31.2 Å². The van der Waals surface area contributed by atoms with Gasteiger partial charge >= 0.3 is 0 Å². The number of fused-ring (bicyclic) bond motifs is 2. The van der Waals surface area contributed by atoms with Crippen LogP contribution in [0.4, 0.5) is 5.13 Å². The van der Waals surface area contributed by atoms with Crippen molar-refractivity contribution >= 4 is 59.4 Å². The Bertz CT molecular complexity index is 1000. The van der Waals surface area contributed by atoms with Crippen LogP contribution in [0.25, 0.3) is 21.1 Å². The summed E-state index contributed by atoms with van der Waals surface area (Å²) < 4.78 is 1.96. The number of hydrogen-bond acceptors (Lipinski definition) is 3. The number of anilines is 1. The smallest absolute Gasteiger partial charge is 0.259 e. The van der Waals surface area contributed by atoms with E-state index in [4.69, 9.17) is 0 Å². The van der Waals surface area contributed by atoms with Gasteiger partial charge in [0.25, 0.3) is 5.91 Å². The van der Waals surface area contributed by atoms with Crippen molar-refractivity contribution < 1.29 is 4.79 Å². The monoisotopic (exact) mass is 371 g/mol. The number of nitrogens with one attached hydrogen (secondary N) is 2. The molecule has 108 valence electrons. The fourth-order valence-electron chi connectivity index (χ4n) is 2.39. The van der Waals surface area contributed by atoms with Gasteiger partial charge in [0.1, 0.15) is 0 Å². The van der Waals surface area contributed by atoms with E-state index < -0.39 is 0 Å². The zero-order valence-electron chi connectivity index (χ0n) is 11.3. The molecule has 0 aliphatic rings. The fraction of sp³-hybridized carbons (Fsp3) is 0. The van der Waals surface area contributed by atoms with Crippen LogP contribution < -0.4 is 5.32 Å². The second kappa shape index (κ2) is 5.23. The lowest BCUT2D eigenvalue weighted by atomic mass is 10.2. The predicted molar refractivity (Wildman–Crippen MR) is 93.6 cm³/mol. The second-order valence-electron chi connectivity index (χ2n) is 4.81. The molecule has 6 heteroatoms. The number of carbonyl (C=O) groups is 1. The number of amides is 1. The van der Waals surface area contributed by atoms with Crippen LogP contribution in [0, 0.1) is 0 Å². The summed E-state index contributed by atoms with van der Waals surface area (Å²) in [6.07, 6.45) is 1.73. The maximum atomic E-state index is 12.5. The van der Waals surface area contributed by atoms with Crippen molar-refractivity contribution in [2.24, 2.45) is 0 Å². The Labute approximate surface area is 138 Å². The Balaban J connectivity index is 1.70. The Kier molecular flexibility index (Phi) is 3.20. The highest BCUT2D eigenvalue weighted by atomic mass is 79.9. The second-order valence-corrected chi connectivity index (χ2v) is 6.69. The lowest BCUT2D eigenvalue weighted by Gasteiger charge is -1.99. The maximum Gasteiger partial charge on any atom is 0.259 e. The van der Waals surface area contributed by atoms with Crippen LogP contribution >= 0.6 is 27.3 Å². The minimum atomic E-state index is -0.160. The number of rotatable bonds is 2. The number of halogens is 1. The van der Waals surface area contributed by atoms with Crippen LogP contribution in [0.1, 0.15) is 10.4 Å². The van der Waals surface area contributed by atoms with Crippen molar-refractivity contribution in [3.63, 3.8) is 0 Å². The van der Waals surface area contributed by atoms with Gasteiger partial charge in [0.05, 0.1) is 15.8 Å². The quantitative estimate of drug-likeness (QED) is 0.531. The number of thiazole rings is 1. The largest absolute Gasteiger partial charge is 0.360 e. The lowest BCUT2D eigenvalue weighted by molar-refractivity contribution is 0.102. The number of aromatic amines is 1. The van der Waals surface area contributed by atoms with Crippen LogP contribution in [0.2, 0.25) is 0 Å². The van der Waals surface area contributed by atoms with E-state index in [1.54, 1.807) is 6.20 Å². The van der Waals surface area contributed by atoms with Crippen molar-refractivity contribution in [2.45, 2.75) is 0 Å². The first-order chi connectivity index (χ1) is 10.7. The van der Waals surface area contributed by atoms with Gasteiger partial charge in [0.2, 0.25) is 0 Å². The zero-order chi connectivity index (χ0) is 15.1. The molecule has 0 aliphatic heterocycles. The van der Waals surface area contributed by atoms with E-state index in [-0.39, 0.29) is 5.91 Å². The van der Waals surface area contributed by atoms with E-state index in [1.165, 1.54) is 11.3 Å². The first-order valence-corrected chi connectivity index (χ1v) is 8.26. The molecule has 0 spiro atoms. The van der Waals surface area contributed by atoms with Crippen LogP contribution in [-0.4, -0.2) is 15.9 Å². The molecule has 2 aromatic carbocycles. The van der Waals surface area contributed by atoms with E-state index in [0.717, 1.165) is 25.6 Å². The molecule has 0 saturated heterocycles. The third kappa shape index (κ3) is 2.20. The van der Waals surface area contributed by atoms with Crippen molar-refractivity contribution in [1.29, 1.82) is 0 Å². The summed E-state index contributed by atoms with van der Waals surface area (Å²) in [5, 5.41) is 4.38. The Morgan fingerprint density at radius 1 is 1.18 bits per heavy atom. The average molecular weight is 372 g/mol. The normalized spacial score (nSPS) is 11.1. The molecule has 1 amide bonds. The van der Waals surface area contributed by atoms with E-state index >= 15 is 0 Å². The SMILES string of the molecule is O=C(Nc1nc2c(Br)cccc2s1)c1c[nH]c2ccccc12. The minimum absolute atomic E-state index is 0.160. The molecule has 2 aromatic heterocycles. The van der Waals surface area contributed by atoms with Crippen LogP contribution in [-0.2, 0) is 0 Å². The molecule has 4 rings (SSSR count). The number of aromatic nitrogens is 2. The van der Waals surface area contributed by atoms with Gasteiger partial charge in [-0.05, 0) is 34.1 Å². The predicted octanol–water partition coefficient (Wildman–Crippen LogP) is 4.79. The molecule has 0 unspecified atom stereocenters. The number of carbonyl (C=O) groups excluding carboxylic acids is 1. The fourth-order valence-corrected chi connectivity index (χ4v) is 3.87. The van der Waals surface area contributed by atoms with Crippen LogP contribution in [0.15, 0.2) is 53.1 Å². The van der Waals surface area contributed by atoms with Gasteiger partial charge in [-0.15, -0.1) is 0 Å². The topological polar surface area (TPSA) is 57.8 Å². The van der Waals surface area contributed by atoms with Crippen molar-refractivity contribution in [2.75, 3.05) is 5.32 Å². The molecular formula is C16H10BrN3OS. The van der Waals surface area contributed by atoms with Crippen LogP contribution in [0.3, 0.4) is 0 Å². The van der Waals surface area contributed by atoms with E-state index in [0.29, 0.717) is 10.7 Å². The molecule has 4 nitrogen and oxygen atoms in total. The Morgan fingerprint density at radius 3 is 2.91 bits per heavy atom. The molecule has 22 heavy (non-hydrogen) atoms. The highest BCUT2D eigenvalue weighted by Gasteiger charge is 2.14. The first kappa shape index (κ1) is 13.5. The number of H-pyrrole nitrogens is 1. The zero-order valence-corrected chi connectivity index (χ0v) is 13.7. The van der Waals surface area contributed by atoms with Crippen molar-refractivity contribution in [1.82, 2.24) is 9.97 Å². The van der Waals surface area contributed by atoms with Crippen molar-refractivity contribution in [3.8, 4) is 0 Å².